The van der Waals surface area contributed by atoms with Gasteiger partial charge in [-0.25, -0.2) is 4.85 Å². The fourth-order valence-corrected chi connectivity index (χ4v) is 10.8. The van der Waals surface area contributed by atoms with Crippen molar-refractivity contribution in [3.05, 3.63) is 245 Å². The molecule has 0 spiro atoms. The van der Waals surface area contributed by atoms with Crippen LogP contribution in [0.15, 0.2) is 206 Å². The molecule has 0 aliphatic carbocycles. The summed E-state index contributed by atoms with van der Waals surface area (Å²) in [6, 6.07) is 69.1. The van der Waals surface area contributed by atoms with Gasteiger partial charge in [-0.3, -0.25) is 0 Å². The maximum absolute atomic E-state index is 15.1. The van der Waals surface area contributed by atoms with Crippen LogP contribution in [0.4, 0.5) is 18.9 Å². The lowest BCUT2D eigenvalue weighted by molar-refractivity contribution is -0.137. The Morgan fingerprint density at radius 3 is 1.01 bits per heavy atom. The highest BCUT2D eigenvalue weighted by Crippen LogP contribution is 2.47. The number of fused-ring (bicyclic) bond motifs is 6. The van der Waals surface area contributed by atoms with Crippen molar-refractivity contribution in [2.45, 2.75) is 33.9 Å². The molecular formula is C66H46F3N3. The number of hydrogen-bond donors (Lipinski definition) is 0. The maximum atomic E-state index is 15.1. The van der Waals surface area contributed by atoms with E-state index in [2.05, 4.69) is 212 Å². The molecule has 0 radical (unpaired) electrons. The van der Waals surface area contributed by atoms with Gasteiger partial charge in [-0.2, -0.15) is 13.2 Å². The van der Waals surface area contributed by atoms with Gasteiger partial charge in [-0.15, -0.1) is 0 Å². The second-order valence-electron chi connectivity index (χ2n) is 19.1. The van der Waals surface area contributed by atoms with Crippen molar-refractivity contribution in [2.75, 3.05) is 0 Å². The standard InChI is InChI=1S/C66H46F3N3/c1-40-12-8-16-44(30-40)48-22-26-60-54(34-48)55-35-49(45-17-9-13-41(2)31-45)23-27-61(55)71(60)64-38-53(52-20-6-7-21-58(52)66(67,68)69)59(70-5)39-65(64)72-62-28-24-50(46-18-10-14-42(3)32-46)36-56(62)57-37-51(25-29-63(57)72)47-19-11-15-43(4)33-47/h6-39H,1-4H3. The molecule has 0 aliphatic heterocycles. The molecule has 3 nitrogen and oxygen atoms in total. The quantitative estimate of drug-likeness (QED) is 0.141. The molecule has 6 heteroatoms. The predicted molar refractivity (Wildman–Crippen MR) is 293 cm³/mol. The monoisotopic (exact) mass is 937 g/mol. The lowest BCUT2D eigenvalue weighted by Crippen LogP contribution is -2.08. The van der Waals surface area contributed by atoms with Crippen LogP contribution in [0.1, 0.15) is 27.8 Å². The number of aryl methyl sites for hydroxylation is 4. The number of halogens is 3. The number of nitrogens with zero attached hydrogens (tertiary/aromatic N) is 3. The Balaban J connectivity index is 1.22. The average Bonchev–Trinajstić information content (AvgIpc) is 3.89. The van der Waals surface area contributed by atoms with Gasteiger partial charge in [0.15, 0.2) is 5.69 Å². The molecule has 0 saturated heterocycles. The first-order valence-corrected chi connectivity index (χ1v) is 24.1. The Kier molecular flexibility index (Phi) is 10.6. The van der Waals surface area contributed by atoms with Gasteiger partial charge >= 0.3 is 6.18 Å². The highest BCUT2D eigenvalue weighted by atomic mass is 19.4. The van der Waals surface area contributed by atoms with Crippen molar-refractivity contribution in [3.63, 3.8) is 0 Å². The second-order valence-corrected chi connectivity index (χ2v) is 19.1. The highest BCUT2D eigenvalue weighted by Gasteiger charge is 2.34. The number of benzene rings is 10. The van der Waals surface area contributed by atoms with E-state index >= 15 is 13.2 Å². The lowest BCUT2D eigenvalue weighted by atomic mass is 9.96. The van der Waals surface area contributed by atoms with E-state index in [0.717, 1.165) is 116 Å². The van der Waals surface area contributed by atoms with Crippen molar-refractivity contribution in [1.82, 2.24) is 9.13 Å². The van der Waals surface area contributed by atoms with Gasteiger partial charge in [0, 0.05) is 21.5 Å². The van der Waals surface area contributed by atoms with E-state index in [1.807, 2.05) is 6.07 Å². The minimum atomic E-state index is -4.67. The first-order valence-electron chi connectivity index (χ1n) is 24.1. The SMILES string of the molecule is [C-]#[N+]c1cc(-n2c3ccc(-c4cccc(C)c4)cc3c3cc(-c4cccc(C)c4)ccc32)c(-n2c3ccc(-c4cccc(C)c4)cc3c3cc(-c4cccc(C)c4)ccc32)cc1-c1ccccc1C(F)(F)F. The van der Waals surface area contributed by atoms with Crippen LogP contribution in [-0.2, 0) is 6.18 Å². The van der Waals surface area contributed by atoms with Crippen LogP contribution < -0.4 is 0 Å². The zero-order valence-corrected chi connectivity index (χ0v) is 40.1. The van der Waals surface area contributed by atoms with Crippen LogP contribution >= 0.6 is 0 Å². The van der Waals surface area contributed by atoms with E-state index in [1.54, 1.807) is 12.1 Å². The Hall–Kier alpha value is -8.92. The first kappa shape index (κ1) is 44.3. The van der Waals surface area contributed by atoms with Crippen LogP contribution in [0.2, 0.25) is 0 Å². The summed E-state index contributed by atoms with van der Waals surface area (Å²) in [5.41, 5.74) is 17.5. The second kappa shape index (κ2) is 17.2. The summed E-state index contributed by atoms with van der Waals surface area (Å²) in [5.74, 6) is 0. The summed E-state index contributed by atoms with van der Waals surface area (Å²) in [4.78, 5) is 4.04. The molecule has 0 bridgehead atoms. The fourth-order valence-electron chi connectivity index (χ4n) is 10.8. The number of rotatable bonds is 7. The van der Waals surface area contributed by atoms with Crippen LogP contribution in [0, 0.1) is 34.3 Å². The van der Waals surface area contributed by atoms with Gasteiger partial charge in [0.05, 0.1) is 45.6 Å². The Labute approximate surface area is 416 Å². The van der Waals surface area contributed by atoms with Crippen molar-refractivity contribution >= 4 is 49.3 Å². The van der Waals surface area contributed by atoms with E-state index in [9.17, 15) is 0 Å². The molecule has 10 aromatic carbocycles. The molecule has 0 N–H and O–H groups in total. The van der Waals surface area contributed by atoms with Crippen molar-refractivity contribution in [3.8, 4) is 67.0 Å². The van der Waals surface area contributed by atoms with Crippen molar-refractivity contribution < 1.29 is 13.2 Å². The predicted octanol–water partition coefficient (Wildman–Crippen LogP) is 19.0. The van der Waals surface area contributed by atoms with Crippen LogP contribution in [0.5, 0.6) is 0 Å². The summed E-state index contributed by atoms with van der Waals surface area (Å²) in [6.45, 7) is 17.0. The van der Waals surface area contributed by atoms with Gasteiger partial charge in [0.2, 0.25) is 0 Å². The summed E-state index contributed by atoms with van der Waals surface area (Å²) < 4.78 is 49.6. The minimum absolute atomic E-state index is 0.0548. The Bertz CT molecular complexity index is 4010. The molecular weight excluding hydrogens is 892 g/mol. The van der Waals surface area contributed by atoms with Crippen LogP contribution in [0.3, 0.4) is 0 Å². The molecule has 12 rings (SSSR count). The molecule has 0 unspecified atom stereocenters. The van der Waals surface area contributed by atoms with Crippen molar-refractivity contribution in [2.24, 2.45) is 0 Å². The van der Waals surface area contributed by atoms with Crippen molar-refractivity contribution in [1.29, 1.82) is 0 Å². The molecule has 12 aromatic rings. The maximum Gasteiger partial charge on any atom is 0.416 e. The zero-order valence-electron chi connectivity index (χ0n) is 40.1. The molecule has 0 fully saturated rings. The summed E-state index contributed by atoms with van der Waals surface area (Å²) in [5, 5.41) is 3.99. The molecule has 0 atom stereocenters. The fraction of sp³-hybridized carbons (Fsp3) is 0.0758. The zero-order chi connectivity index (χ0) is 49.4. The van der Waals surface area contributed by atoms with Gasteiger partial charge in [0.1, 0.15) is 0 Å². The highest BCUT2D eigenvalue weighted by molar-refractivity contribution is 6.14. The molecule has 2 aromatic heterocycles. The van der Waals surface area contributed by atoms with E-state index in [1.165, 1.54) is 12.1 Å². The Morgan fingerprint density at radius 1 is 0.347 bits per heavy atom. The molecule has 2 heterocycles. The topological polar surface area (TPSA) is 14.2 Å². The van der Waals surface area contributed by atoms with Gasteiger partial charge in [-0.05, 0) is 150 Å². The molecule has 346 valence electrons. The molecule has 72 heavy (non-hydrogen) atoms. The van der Waals surface area contributed by atoms with E-state index in [-0.39, 0.29) is 16.8 Å². The van der Waals surface area contributed by atoms with E-state index in [0.29, 0.717) is 11.4 Å². The van der Waals surface area contributed by atoms with Gasteiger partial charge in [-0.1, -0.05) is 162 Å². The number of alkyl halides is 3. The molecule has 0 saturated carbocycles. The van der Waals surface area contributed by atoms with Crippen LogP contribution in [0.25, 0.3) is 115 Å². The Morgan fingerprint density at radius 2 is 0.681 bits per heavy atom. The molecule has 0 aliphatic rings. The average molecular weight is 938 g/mol. The number of hydrogen-bond acceptors (Lipinski definition) is 0. The third-order valence-electron chi connectivity index (χ3n) is 14.2. The first-order chi connectivity index (χ1) is 34.9. The summed E-state index contributed by atoms with van der Waals surface area (Å²) in [7, 11) is 0. The summed E-state index contributed by atoms with van der Waals surface area (Å²) >= 11 is 0. The third kappa shape index (κ3) is 7.62. The minimum Gasteiger partial charge on any atom is -0.308 e. The number of aromatic nitrogens is 2. The summed E-state index contributed by atoms with van der Waals surface area (Å²) in [6.07, 6.45) is -4.67. The lowest BCUT2D eigenvalue weighted by Gasteiger charge is -2.21. The third-order valence-corrected chi connectivity index (χ3v) is 14.2. The molecule has 0 amide bonds. The smallest absolute Gasteiger partial charge is 0.308 e. The normalized spacial score (nSPS) is 11.8. The van der Waals surface area contributed by atoms with Crippen LogP contribution in [-0.4, -0.2) is 9.13 Å². The van der Waals surface area contributed by atoms with E-state index < -0.39 is 11.7 Å². The van der Waals surface area contributed by atoms with Gasteiger partial charge in [0.25, 0.3) is 0 Å². The van der Waals surface area contributed by atoms with E-state index in [4.69, 9.17) is 6.57 Å². The largest absolute Gasteiger partial charge is 0.416 e. The van der Waals surface area contributed by atoms with Gasteiger partial charge < -0.3 is 9.13 Å².